The van der Waals surface area contributed by atoms with Crippen molar-refractivity contribution in [3.05, 3.63) is 11.4 Å². The van der Waals surface area contributed by atoms with E-state index in [2.05, 4.69) is 17.2 Å². The zero-order valence-electron chi connectivity index (χ0n) is 13.6. The lowest BCUT2D eigenvalue weighted by Crippen LogP contribution is -2.20. The van der Waals surface area contributed by atoms with Crippen LogP contribution in [0, 0.1) is 18.8 Å². The molecular formula is C16H27N3O2. The lowest BCUT2D eigenvalue weighted by Gasteiger charge is -2.28. The predicted molar refractivity (Wildman–Crippen MR) is 81.2 cm³/mol. The molecule has 118 valence electrons. The van der Waals surface area contributed by atoms with E-state index in [-0.39, 0.29) is 5.97 Å². The van der Waals surface area contributed by atoms with Gasteiger partial charge in [-0.15, -0.1) is 5.10 Å². The summed E-state index contributed by atoms with van der Waals surface area (Å²) in [5, 5.41) is 8.25. The zero-order valence-corrected chi connectivity index (χ0v) is 13.6. The summed E-state index contributed by atoms with van der Waals surface area (Å²) in [5.74, 6) is 0.823. The Bertz CT molecular complexity index is 474. The van der Waals surface area contributed by atoms with Crippen LogP contribution in [0.2, 0.25) is 0 Å². The summed E-state index contributed by atoms with van der Waals surface area (Å²) in [6.07, 6.45) is 6.00. The van der Waals surface area contributed by atoms with Gasteiger partial charge in [0.05, 0.1) is 18.3 Å². The van der Waals surface area contributed by atoms with E-state index in [1.165, 1.54) is 19.3 Å². The summed E-state index contributed by atoms with van der Waals surface area (Å²) in [6, 6.07) is 0.381. The van der Waals surface area contributed by atoms with Crippen LogP contribution in [0.3, 0.4) is 0 Å². The van der Waals surface area contributed by atoms with Crippen molar-refractivity contribution in [1.29, 1.82) is 0 Å². The van der Waals surface area contributed by atoms with Gasteiger partial charge < -0.3 is 4.74 Å². The molecule has 0 bridgehead atoms. The summed E-state index contributed by atoms with van der Waals surface area (Å²) < 4.78 is 7.18. The molecule has 2 rings (SSSR count). The molecule has 5 nitrogen and oxygen atoms in total. The zero-order chi connectivity index (χ0) is 15.4. The van der Waals surface area contributed by atoms with Crippen LogP contribution < -0.4 is 0 Å². The molecule has 1 aromatic rings. The van der Waals surface area contributed by atoms with Gasteiger partial charge in [0, 0.05) is 0 Å². The highest BCUT2D eigenvalue weighted by molar-refractivity contribution is 5.88. The normalized spacial score (nSPS) is 22.5. The molecule has 0 saturated heterocycles. The molecule has 0 N–H and O–H groups in total. The van der Waals surface area contributed by atoms with Gasteiger partial charge in [0.25, 0.3) is 0 Å². The Kier molecular flexibility index (Phi) is 5.37. The van der Waals surface area contributed by atoms with E-state index in [0.717, 1.165) is 24.5 Å². The molecule has 5 heteroatoms. The summed E-state index contributed by atoms with van der Waals surface area (Å²) in [6.45, 7) is 8.63. The van der Waals surface area contributed by atoms with Gasteiger partial charge in [-0.2, -0.15) is 0 Å². The van der Waals surface area contributed by atoms with E-state index in [1.54, 1.807) is 0 Å². The smallest absolute Gasteiger partial charge is 0.360 e. The van der Waals surface area contributed by atoms with Gasteiger partial charge in [0.1, 0.15) is 0 Å². The topological polar surface area (TPSA) is 57.0 Å². The lowest BCUT2D eigenvalue weighted by molar-refractivity contribution is 0.0451. The Labute approximate surface area is 127 Å². The highest BCUT2D eigenvalue weighted by atomic mass is 16.5. The first kappa shape index (κ1) is 16.0. The fourth-order valence-corrected chi connectivity index (χ4v) is 2.98. The molecule has 1 aromatic heterocycles. The fourth-order valence-electron chi connectivity index (χ4n) is 2.98. The van der Waals surface area contributed by atoms with Gasteiger partial charge >= 0.3 is 5.97 Å². The van der Waals surface area contributed by atoms with Crippen LogP contribution in [0.5, 0.6) is 0 Å². The first-order valence-corrected chi connectivity index (χ1v) is 8.11. The van der Waals surface area contributed by atoms with Gasteiger partial charge in [0.15, 0.2) is 5.69 Å². The molecule has 1 heterocycles. The number of hydrogen-bond acceptors (Lipinski definition) is 4. The van der Waals surface area contributed by atoms with E-state index in [9.17, 15) is 4.79 Å². The molecule has 1 fully saturated rings. The van der Waals surface area contributed by atoms with Crippen LogP contribution in [-0.4, -0.2) is 27.6 Å². The summed E-state index contributed by atoms with van der Waals surface area (Å²) in [5.41, 5.74) is 1.21. The lowest BCUT2D eigenvalue weighted by atomic mass is 9.84. The van der Waals surface area contributed by atoms with Crippen LogP contribution in [0.25, 0.3) is 0 Å². The standard InChI is InChI=1S/C16H27N3O2/c1-5-13-6-8-14(9-7-13)19-12(4)15(17-18-19)16(20)21-10-11(2)3/h11,13-14H,5-10H2,1-4H3. The average Bonchev–Trinajstić information content (AvgIpc) is 2.86. The second kappa shape index (κ2) is 7.05. The van der Waals surface area contributed by atoms with Gasteiger partial charge in [-0.3, -0.25) is 0 Å². The monoisotopic (exact) mass is 293 g/mol. The molecule has 1 aliphatic rings. The van der Waals surface area contributed by atoms with E-state index in [0.29, 0.717) is 24.3 Å². The summed E-state index contributed by atoms with van der Waals surface area (Å²) in [7, 11) is 0. The van der Waals surface area contributed by atoms with Crippen molar-refractivity contribution in [3.63, 3.8) is 0 Å². The van der Waals surface area contributed by atoms with Crippen LogP contribution in [-0.2, 0) is 4.74 Å². The maximum Gasteiger partial charge on any atom is 0.360 e. The van der Waals surface area contributed by atoms with E-state index in [4.69, 9.17) is 4.74 Å². The second-order valence-electron chi connectivity index (χ2n) is 6.54. The first-order valence-electron chi connectivity index (χ1n) is 8.11. The van der Waals surface area contributed by atoms with Gasteiger partial charge in [-0.25, -0.2) is 9.48 Å². The number of hydrogen-bond donors (Lipinski definition) is 0. The molecule has 0 atom stereocenters. The predicted octanol–water partition coefficient (Wildman–Crippen LogP) is 3.54. The Morgan fingerprint density at radius 3 is 2.57 bits per heavy atom. The van der Waals surface area contributed by atoms with Gasteiger partial charge in [-0.05, 0) is 44.4 Å². The summed E-state index contributed by atoms with van der Waals surface area (Å²) in [4.78, 5) is 12.0. The molecule has 0 radical (unpaired) electrons. The molecule has 0 amide bonds. The molecule has 1 saturated carbocycles. The van der Waals surface area contributed by atoms with Crippen LogP contribution in [0.15, 0.2) is 0 Å². The maximum atomic E-state index is 12.0. The Morgan fingerprint density at radius 1 is 1.33 bits per heavy atom. The van der Waals surface area contributed by atoms with Crippen molar-refractivity contribution < 1.29 is 9.53 Å². The fraction of sp³-hybridized carbons (Fsp3) is 0.812. The number of aromatic nitrogens is 3. The average molecular weight is 293 g/mol. The first-order chi connectivity index (χ1) is 10.0. The quantitative estimate of drug-likeness (QED) is 0.779. The molecule has 0 aliphatic heterocycles. The van der Waals surface area contributed by atoms with E-state index < -0.39 is 0 Å². The van der Waals surface area contributed by atoms with Gasteiger partial charge in [0.2, 0.25) is 0 Å². The van der Waals surface area contributed by atoms with Crippen molar-refractivity contribution in [3.8, 4) is 0 Å². The molecule has 0 aromatic carbocycles. The molecule has 0 unspecified atom stereocenters. The van der Waals surface area contributed by atoms with Crippen molar-refractivity contribution in [2.75, 3.05) is 6.61 Å². The van der Waals surface area contributed by atoms with Crippen LogP contribution in [0.4, 0.5) is 0 Å². The van der Waals surface area contributed by atoms with Crippen molar-refractivity contribution in [1.82, 2.24) is 15.0 Å². The Hall–Kier alpha value is -1.39. The third-order valence-electron chi connectivity index (χ3n) is 4.41. The van der Waals surface area contributed by atoms with E-state index in [1.807, 2.05) is 25.5 Å². The van der Waals surface area contributed by atoms with Crippen molar-refractivity contribution in [2.24, 2.45) is 11.8 Å². The minimum absolute atomic E-state index is 0.327. The van der Waals surface area contributed by atoms with Crippen molar-refractivity contribution >= 4 is 5.97 Å². The summed E-state index contributed by atoms with van der Waals surface area (Å²) >= 11 is 0. The van der Waals surface area contributed by atoms with Crippen molar-refractivity contribution in [2.45, 2.75) is 65.8 Å². The Balaban J connectivity index is 2.02. The third kappa shape index (κ3) is 3.83. The Morgan fingerprint density at radius 2 is 2.00 bits per heavy atom. The number of carbonyl (C=O) groups excluding carboxylic acids is 1. The second-order valence-corrected chi connectivity index (χ2v) is 6.54. The largest absolute Gasteiger partial charge is 0.461 e. The van der Waals surface area contributed by atoms with Gasteiger partial charge in [-0.1, -0.05) is 32.4 Å². The number of ether oxygens (including phenoxy) is 1. The molecule has 0 spiro atoms. The number of carbonyl (C=O) groups is 1. The highest BCUT2D eigenvalue weighted by Gasteiger charge is 2.26. The minimum Gasteiger partial charge on any atom is -0.461 e. The van der Waals surface area contributed by atoms with Crippen LogP contribution in [0.1, 0.15) is 75.1 Å². The van der Waals surface area contributed by atoms with Crippen LogP contribution >= 0.6 is 0 Å². The number of nitrogens with zero attached hydrogens (tertiary/aromatic N) is 3. The van der Waals surface area contributed by atoms with E-state index >= 15 is 0 Å². The molecule has 21 heavy (non-hydrogen) atoms. The SMILES string of the molecule is CCC1CCC(n2nnc(C(=O)OCC(C)C)c2C)CC1. The minimum atomic E-state index is -0.352. The number of rotatable bonds is 5. The molecule has 1 aliphatic carbocycles. The maximum absolute atomic E-state index is 12.0. The number of esters is 1. The highest BCUT2D eigenvalue weighted by Crippen LogP contribution is 2.34. The third-order valence-corrected chi connectivity index (χ3v) is 4.41. The molecular weight excluding hydrogens is 266 g/mol.